The maximum absolute atomic E-state index is 12.7. The Bertz CT molecular complexity index is 893. The second-order valence-corrected chi connectivity index (χ2v) is 9.82. The number of ether oxygens (including phenoxy) is 1. The predicted octanol–water partition coefficient (Wildman–Crippen LogP) is 5.51. The van der Waals surface area contributed by atoms with Crippen LogP contribution in [0.15, 0.2) is 48.5 Å². The summed E-state index contributed by atoms with van der Waals surface area (Å²) in [4.78, 5) is 12.7. The fraction of sp³-hybridized carbons (Fsp3) is 0.480. The van der Waals surface area contributed by atoms with Crippen LogP contribution in [0.25, 0.3) is 0 Å². The maximum Gasteiger partial charge on any atom is 0.308 e. The summed E-state index contributed by atoms with van der Waals surface area (Å²) in [5, 5.41) is 0. The third kappa shape index (κ3) is 2.35. The van der Waals surface area contributed by atoms with Gasteiger partial charge < -0.3 is 4.74 Å². The van der Waals surface area contributed by atoms with Crippen LogP contribution in [-0.2, 0) is 25.8 Å². The van der Waals surface area contributed by atoms with Gasteiger partial charge in [0.25, 0.3) is 0 Å². The van der Waals surface area contributed by atoms with Crippen molar-refractivity contribution in [1.82, 2.24) is 0 Å². The molecule has 1 spiro atoms. The third-order valence-corrected chi connectivity index (χ3v) is 6.77. The van der Waals surface area contributed by atoms with E-state index in [0.717, 1.165) is 6.42 Å². The minimum absolute atomic E-state index is 0.0343. The van der Waals surface area contributed by atoms with Crippen LogP contribution in [0.4, 0.5) is 0 Å². The van der Waals surface area contributed by atoms with E-state index in [9.17, 15) is 4.79 Å². The Labute approximate surface area is 162 Å². The zero-order chi connectivity index (χ0) is 19.6. The summed E-state index contributed by atoms with van der Waals surface area (Å²) in [6.07, 6.45) is 0.746. The Hall–Kier alpha value is -2.09. The van der Waals surface area contributed by atoms with E-state index < -0.39 is 0 Å². The van der Waals surface area contributed by atoms with Gasteiger partial charge >= 0.3 is 5.97 Å². The summed E-state index contributed by atoms with van der Waals surface area (Å²) in [7, 11) is 0. The van der Waals surface area contributed by atoms with Crippen molar-refractivity contribution in [3.63, 3.8) is 0 Å². The van der Waals surface area contributed by atoms with Gasteiger partial charge in [0.1, 0.15) is 6.10 Å². The molecular formula is C25H30O2. The fourth-order valence-electron chi connectivity index (χ4n) is 5.66. The standard InChI is InChI=1S/C25H30O2/c1-16(2)21(26)27-22-24(5,6)18-12-8-10-14-20(18)25(22)15-23(3,4)17-11-7-9-13-19(17)25/h7-14,16,22H,15H2,1-6H3. The number of carbonyl (C=O) groups excluding carboxylic acids is 1. The van der Waals surface area contributed by atoms with E-state index in [2.05, 4.69) is 76.2 Å². The van der Waals surface area contributed by atoms with Gasteiger partial charge in [0, 0.05) is 5.41 Å². The lowest BCUT2D eigenvalue weighted by molar-refractivity contribution is -0.159. The second kappa shape index (κ2) is 5.70. The van der Waals surface area contributed by atoms with Crippen LogP contribution in [0.3, 0.4) is 0 Å². The molecule has 2 unspecified atom stereocenters. The Morgan fingerprint density at radius 2 is 1.37 bits per heavy atom. The van der Waals surface area contributed by atoms with Gasteiger partial charge in [0.05, 0.1) is 11.3 Å². The molecule has 0 saturated heterocycles. The molecule has 0 saturated carbocycles. The smallest absolute Gasteiger partial charge is 0.308 e. The molecule has 0 N–H and O–H groups in total. The summed E-state index contributed by atoms with van der Waals surface area (Å²) < 4.78 is 6.32. The third-order valence-electron chi connectivity index (χ3n) is 6.77. The molecule has 2 aromatic rings. The minimum atomic E-state index is -0.287. The highest BCUT2D eigenvalue weighted by molar-refractivity contribution is 5.73. The highest BCUT2D eigenvalue weighted by Gasteiger charge is 2.64. The number of esters is 1. The molecule has 2 aliphatic carbocycles. The SMILES string of the molecule is CC(C)C(=O)OC1C(C)(C)c2ccccc2C12CC(C)(C)c1ccccc12. The molecule has 0 heterocycles. The van der Waals surface area contributed by atoms with Crippen LogP contribution >= 0.6 is 0 Å². The highest BCUT2D eigenvalue weighted by Crippen LogP contribution is 2.63. The summed E-state index contributed by atoms with van der Waals surface area (Å²) in [5.41, 5.74) is 4.85. The highest BCUT2D eigenvalue weighted by atomic mass is 16.5. The van der Waals surface area contributed by atoms with Crippen molar-refractivity contribution in [2.24, 2.45) is 5.92 Å². The molecule has 2 aliphatic rings. The molecule has 4 rings (SSSR count). The van der Waals surface area contributed by atoms with E-state index >= 15 is 0 Å². The minimum Gasteiger partial charge on any atom is -0.460 e. The van der Waals surface area contributed by atoms with E-state index in [4.69, 9.17) is 4.74 Å². The lowest BCUT2D eigenvalue weighted by Crippen LogP contribution is -2.47. The number of fused-ring (bicyclic) bond motifs is 4. The molecule has 2 nitrogen and oxygen atoms in total. The first-order chi connectivity index (χ1) is 12.6. The normalized spacial score (nSPS) is 26.9. The fourth-order valence-corrected chi connectivity index (χ4v) is 5.66. The van der Waals surface area contributed by atoms with Crippen molar-refractivity contribution < 1.29 is 9.53 Å². The van der Waals surface area contributed by atoms with Gasteiger partial charge in [-0.25, -0.2) is 0 Å². The summed E-state index contributed by atoms with van der Waals surface area (Å²) in [6.45, 7) is 12.9. The molecule has 2 aromatic carbocycles. The molecule has 0 aromatic heterocycles. The van der Waals surface area contributed by atoms with Crippen molar-refractivity contribution in [3.8, 4) is 0 Å². The zero-order valence-electron chi connectivity index (χ0n) is 17.3. The lowest BCUT2D eigenvalue weighted by Gasteiger charge is -2.39. The molecule has 27 heavy (non-hydrogen) atoms. The molecule has 0 aliphatic heterocycles. The Morgan fingerprint density at radius 1 is 0.889 bits per heavy atom. The molecule has 2 atom stereocenters. The average molecular weight is 363 g/mol. The topological polar surface area (TPSA) is 26.3 Å². The van der Waals surface area contributed by atoms with Crippen molar-refractivity contribution in [2.45, 2.75) is 70.3 Å². The lowest BCUT2D eigenvalue weighted by atomic mass is 9.70. The molecule has 0 fully saturated rings. The van der Waals surface area contributed by atoms with Crippen molar-refractivity contribution in [3.05, 3.63) is 70.8 Å². The summed E-state index contributed by atoms with van der Waals surface area (Å²) >= 11 is 0. The van der Waals surface area contributed by atoms with Crippen LogP contribution < -0.4 is 0 Å². The van der Waals surface area contributed by atoms with E-state index in [1.54, 1.807) is 0 Å². The van der Waals surface area contributed by atoms with E-state index in [0.29, 0.717) is 0 Å². The second-order valence-electron chi connectivity index (χ2n) is 9.82. The quantitative estimate of drug-likeness (QED) is 0.658. The number of hydrogen-bond acceptors (Lipinski definition) is 2. The molecule has 0 radical (unpaired) electrons. The van der Waals surface area contributed by atoms with Gasteiger partial charge in [-0.3, -0.25) is 4.79 Å². The number of hydrogen-bond donors (Lipinski definition) is 0. The molecule has 2 heteroatoms. The van der Waals surface area contributed by atoms with Gasteiger partial charge in [-0.2, -0.15) is 0 Å². The van der Waals surface area contributed by atoms with Gasteiger partial charge in [-0.15, -0.1) is 0 Å². The van der Waals surface area contributed by atoms with Crippen LogP contribution in [0.5, 0.6) is 0 Å². The van der Waals surface area contributed by atoms with Gasteiger partial charge in [0.2, 0.25) is 0 Å². The summed E-state index contributed by atoms with van der Waals surface area (Å²) in [5.74, 6) is -0.242. The number of rotatable bonds is 2. The van der Waals surface area contributed by atoms with Crippen LogP contribution in [0.1, 0.15) is 70.2 Å². The Morgan fingerprint density at radius 3 is 1.93 bits per heavy atom. The van der Waals surface area contributed by atoms with Crippen LogP contribution in [-0.4, -0.2) is 12.1 Å². The number of benzene rings is 2. The number of carbonyl (C=O) groups is 1. The largest absolute Gasteiger partial charge is 0.460 e. The Balaban J connectivity index is 2.01. The van der Waals surface area contributed by atoms with Gasteiger partial charge in [0.15, 0.2) is 0 Å². The van der Waals surface area contributed by atoms with E-state index in [1.165, 1.54) is 22.3 Å². The van der Waals surface area contributed by atoms with Crippen molar-refractivity contribution in [2.75, 3.05) is 0 Å². The predicted molar refractivity (Wildman–Crippen MR) is 109 cm³/mol. The van der Waals surface area contributed by atoms with E-state index in [-0.39, 0.29) is 34.2 Å². The first-order valence-corrected chi connectivity index (χ1v) is 10.0. The van der Waals surface area contributed by atoms with Gasteiger partial charge in [-0.05, 0) is 34.1 Å². The van der Waals surface area contributed by atoms with E-state index in [1.807, 2.05) is 13.8 Å². The monoisotopic (exact) mass is 362 g/mol. The maximum atomic E-state index is 12.7. The van der Waals surface area contributed by atoms with Crippen molar-refractivity contribution in [1.29, 1.82) is 0 Å². The van der Waals surface area contributed by atoms with Crippen LogP contribution in [0.2, 0.25) is 0 Å². The Kier molecular flexibility index (Phi) is 3.86. The molecule has 0 amide bonds. The summed E-state index contributed by atoms with van der Waals surface area (Å²) in [6, 6.07) is 17.4. The molecule has 0 bridgehead atoms. The molecular weight excluding hydrogens is 332 g/mol. The van der Waals surface area contributed by atoms with Crippen molar-refractivity contribution >= 4 is 5.97 Å². The first kappa shape index (κ1) is 18.3. The van der Waals surface area contributed by atoms with Crippen LogP contribution in [0, 0.1) is 5.92 Å². The molecule has 142 valence electrons. The average Bonchev–Trinajstić information content (AvgIpc) is 2.97. The zero-order valence-corrected chi connectivity index (χ0v) is 17.3. The first-order valence-electron chi connectivity index (χ1n) is 10.0. The van der Waals surface area contributed by atoms with Gasteiger partial charge in [-0.1, -0.05) is 90.1 Å².